The third-order valence-electron chi connectivity index (χ3n) is 3.72. The Hall–Kier alpha value is -2.37. The molecule has 0 fully saturated rings. The summed E-state index contributed by atoms with van der Waals surface area (Å²) in [6, 6.07) is 17.4. The van der Waals surface area contributed by atoms with Crippen molar-refractivity contribution >= 4 is 10.0 Å². The fraction of sp³-hybridized carbons (Fsp3) is 0.111. The number of aryl methyl sites for hydroxylation is 1. The zero-order chi connectivity index (χ0) is 16.4. The molecular formula is C18H17NO3S. The van der Waals surface area contributed by atoms with Crippen LogP contribution in [0.3, 0.4) is 0 Å². The molecule has 4 nitrogen and oxygen atoms in total. The lowest BCUT2D eigenvalue weighted by molar-refractivity contribution is 0.220. The Labute approximate surface area is 135 Å². The third kappa shape index (κ3) is 3.06. The molecule has 0 saturated heterocycles. The van der Waals surface area contributed by atoms with Gasteiger partial charge in [-0.1, -0.05) is 48.0 Å². The van der Waals surface area contributed by atoms with Crippen molar-refractivity contribution < 1.29 is 13.5 Å². The fourth-order valence-corrected chi connectivity index (χ4v) is 3.57. The lowest BCUT2D eigenvalue weighted by atomic mass is 10.0. The molecule has 5 heteroatoms. The highest BCUT2D eigenvalue weighted by molar-refractivity contribution is 7.90. The van der Waals surface area contributed by atoms with Crippen LogP contribution in [0.25, 0.3) is 0 Å². The molecule has 118 valence electrons. The van der Waals surface area contributed by atoms with Crippen LogP contribution < -0.4 is 0 Å². The van der Waals surface area contributed by atoms with E-state index in [2.05, 4.69) is 0 Å². The van der Waals surface area contributed by atoms with Gasteiger partial charge in [0, 0.05) is 18.0 Å². The van der Waals surface area contributed by atoms with Gasteiger partial charge in [-0.3, -0.25) is 0 Å². The molecule has 0 spiro atoms. The number of aromatic nitrogens is 1. The molecule has 1 aromatic heterocycles. The molecule has 3 aromatic rings. The normalized spacial score (nSPS) is 13.0. The van der Waals surface area contributed by atoms with Gasteiger partial charge in [-0.25, -0.2) is 12.4 Å². The van der Waals surface area contributed by atoms with Crippen LogP contribution in [-0.2, 0) is 10.0 Å². The van der Waals surface area contributed by atoms with Crippen LogP contribution in [0.4, 0.5) is 0 Å². The van der Waals surface area contributed by atoms with E-state index in [-0.39, 0.29) is 4.90 Å². The smallest absolute Gasteiger partial charge is 0.267 e. The highest BCUT2D eigenvalue weighted by Crippen LogP contribution is 2.24. The van der Waals surface area contributed by atoms with E-state index in [9.17, 15) is 13.5 Å². The van der Waals surface area contributed by atoms with Crippen molar-refractivity contribution in [2.45, 2.75) is 17.9 Å². The van der Waals surface area contributed by atoms with Crippen molar-refractivity contribution in [2.75, 3.05) is 0 Å². The maximum Gasteiger partial charge on any atom is 0.267 e. The number of aliphatic hydroxyl groups excluding tert-OH is 1. The van der Waals surface area contributed by atoms with Crippen molar-refractivity contribution in [1.29, 1.82) is 0 Å². The van der Waals surface area contributed by atoms with E-state index < -0.39 is 16.1 Å². The molecule has 0 aliphatic rings. The molecule has 1 N–H and O–H groups in total. The quantitative estimate of drug-likeness (QED) is 0.801. The highest BCUT2D eigenvalue weighted by atomic mass is 32.2. The first-order valence-corrected chi connectivity index (χ1v) is 8.65. The summed E-state index contributed by atoms with van der Waals surface area (Å²) < 4.78 is 26.3. The third-order valence-corrected chi connectivity index (χ3v) is 5.37. The van der Waals surface area contributed by atoms with Crippen LogP contribution in [0.1, 0.15) is 22.8 Å². The summed E-state index contributed by atoms with van der Waals surface area (Å²) in [7, 11) is -3.65. The lowest BCUT2D eigenvalue weighted by Crippen LogP contribution is -2.11. The van der Waals surface area contributed by atoms with Crippen LogP contribution in [0.15, 0.2) is 78.0 Å². The zero-order valence-electron chi connectivity index (χ0n) is 12.6. The fourth-order valence-electron chi connectivity index (χ4n) is 2.36. The zero-order valence-corrected chi connectivity index (χ0v) is 13.4. The van der Waals surface area contributed by atoms with E-state index in [1.165, 1.54) is 12.4 Å². The van der Waals surface area contributed by atoms with Gasteiger partial charge in [-0.05, 0) is 30.7 Å². The molecule has 0 aliphatic heterocycles. The summed E-state index contributed by atoms with van der Waals surface area (Å²) in [4.78, 5) is 0.222. The van der Waals surface area contributed by atoms with E-state index in [0.717, 1.165) is 15.1 Å². The van der Waals surface area contributed by atoms with Crippen molar-refractivity contribution in [3.63, 3.8) is 0 Å². The molecule has 1 unspecified atom stereocenters. The minimum atomic E-state index is -3.65. The van der Waals surface area contributed by atoms with E-state index >= 15 is 0 Å². The molecule has 0 amide bonds. The standard InChI is InChI=1S/C18H17NO3S/c1-14-7-9-17(10-8-14)23(21,22)19-12-11-16(13-19)18(20)15-5-3-2-4-6-15/h2-13,18,20H,1H3. The number of benzene rings is 2. The van der Waals surface area contributed by atoms with E-state index in [1.54, 1.807) is 42.5 Å². The summed E-state index contributed by atoms with van der Waals surface area (Å²) >= 11 is 0. The van der Waals surface area contributed by atoms with Gasteiger partial charge in [0.15, 0.2) is 0 Å². The monoisotopic (exact) mass is 327 g/mol. The molecule has 1 atom stereocenters. The first-order valence-electron chi connectivity index (χ1n) is 7.21. The first-order chi connectivity index (χ1) is 11.0. The maximum absolute atomic E-state index is 12.6. The van der Waals surface area contributed by atoms with Gasteiger partial charge >= 0.3 is 0 Å². The lowest BCUT2D eigenvalue weighted by Gasteiger charge is -2.09. The van der Waals surface area contributed by atoms with Gasteiger partial charge < -0.3 is 5.11 Å². The van der Waals surface area contributed by atoms with Crippen molar-refractivity contribution in [3.8, 4) is 0 Å². The van der Waals surface area contributed by atoms with Crippen LogP contribution in [-0.4, -0.2) is 17.5 Å². The minimum absolute atomic E-state index is 0.222. The van der Waals surface area contributed by atoms with E-state index in [1.807, 2.05) is 25.1 Å². The Morgan fingerprint density at radius 3 is 2.22 bits per heavy atom. The summed E-state index contributed by atoms with van der Waals surface area (Å²) in [6.07, 6.45) is 2.05. The van der Waals surface area contributed by atoms with Crippen LogP contribution in [0, 0.1) is 6.92 Å². The van der Waals surface area contributed by atoms with Crippen molar-refractivity contribution in [2.24, 2.45) is 0 Å². The number of rotatable bonds is 4. The second-order valence-corrected chi connectivity index (χ2v) is 7.25. The average molecular weight is 327 g/mol. The van der Waals surface area contributed by atoms with Gasteiger partial charge in [0.2, 0.25) is 0 Å². The summed E-state index contributed by atoms with van der Waals surface area (Å²) in [5.74, 6) is 0. The van der Waals surface area contributed by atoms with E-state index in [0.29, 0.717) is 5.56 Å². The Morgan fingerprint density at radius 1 is 0.913 bits per heavy atom. The summed E-state index contributed by atoms with van der Waals surface area (Å²) in [6.45, 7) is 1.90. The molecule has 0 bridgehead atoms. The van der Waals surface area contributed by atoms with Crippen molar-refractivity contribution in [1.82, 2.24) is 3.97 Å². The Balaban J connectivity index is 1.94. The Kier molecular flexibility index (Phi) is 4.07. The largest absolute Gasteiger partial charge is 0.384 e. The maximum atomic E-state index is 12.6. The van der Waals surface area contributed by atoms with Crippen LogP contribution >= 0.6 is 0 Å². The molecule has 2 aromatic carbocycles. The molecule has 1 heterocycles. The van der Waals surface area contributed by atoms with Crippen molar-refractivity contribution in [3.05, 3.63) is 89.7 Å². The van der Waals surface area contributed by atoms with Crippen LogP contribution in [0.5, 0.6) is 0 Å². The van der Waals surface area contributed by atoms with Crippen LogP contribution in [0.2, 0.25) is 0 Å². The molecule has 0 saturated carbocycles. The second kappa shape index (κ2) is 6.02. The molecular weight excluding hydrogens is 310 g/mol. The molecule has 0 radical (unpaired) electrons. The van der Waals surface area contributed by atoms with E-state index in [4.69, 9.17) is 0 Å². The summed E-state index contributed by atoms with van der Waals surface area (Å²) in [5.41, 5.74) is 2.25. The molecule has 23 heavy (non-hydrogen) atoms. The SMILES string of the molecule is Cc1ccc(S(=O)(=O)n2ccc(C(O)c3ccccc3)c2)cc1. The first kappa shape index (κ1) is 15.5. The van der Waals surface area contributed by atoms with Gasteiger partial charge in [0.05, 0.1) is 4.90 Å². The predicted molar refractivity (Wildman–Crippen MR) is 88.7 cm³/mol. The number of nitrogens with zero attached hydrogens (tertiary/aromatic N) is 1. The summed E-state index contributed by atoms with van der Waals surface area (Å²) in [5, 5.41) is 10.4. The average Bonchev–Trinajstić information content (AvgIpc) is 3.06. The minimum Gasteiger partial charge on any atom is -0.384 e. The predicted octanol–water partition coefficient (Wildman–Crippen LogP) is 3.12. The van der Waals surface area contributed by atoms with Gasteiger partial charge in [-0.2, -0.15) is 0 Å². The molecule has 0 aliphatic carbocycles. The number of hydrogen-bond donors (Lipinski definition) is 1. The van der Waals surface area contributed by atoms with Gasteiger partial charge in [0.25, 0.3) is 10.0 Å². The number of hydrogen-bond acceptors (Lipinski definition) is 3. The number of aliphatic hydroxyl groups is 1. The highest BCUT2D eigenvalue weighted by Gasteiger charge is 2.19. The Bertz CT molecular complexity index is 897. The van der Waals surface area contributed by atoms with Gasteiger partial charge in [0.1, 0.15) is 6.10 Å². The molecule has 3 rings (SSSR count). The second-order valence-electron chi connectivity index (χ2n) is 5.41. The Morgan fingerprint density at radius 2 is 1.57 bits per heavy atom. The van der Waals surface area contributed by atoms with Gasteiger partial charge in [-0.15, -0.1) is 0 Å². The topological polar surface area (TPSA) is 59.3 Å².